The van der Waals surface area contributed by atoms with Crippen molar-refractivity contribution >= 4 is 5.91 Å². The van der Waals surface area contributed by atoms with Crippen molar-refractivity contribution in [3.05, 3.63) is 35.6 Å². The van der Waals surface area contributed by atoms with E-state index >= 15 is 0 Å². The molecule has 2 N–H and O–H groups in total. The van der Waals surface area contributed by atoms with Crippen molar-refractivity contribution in [2.75, 3.05) is 13.1 Å². The van der Waals surface area contributed by atoms with Crippen LogP contribution in [0.25, 0.3) is 0 Å². The number of rotatable bonds is 4. The molecule has 0 saturated carbocycles. The highest BCUT2D eigenvalue weighted by Crippen LogP contribution is 2.21. The lowest BCUT2D eigenvalue weighted by Crippen LogP contribution is -2.42. The van der Waals surface area contributed by atoms with E-state index in [-0.39, 0.29) is 23.7 Å². The maximum atomic E-state index is 13.1. The number of nitrogens with two attached hydrogens (primary N) is 1. The number of carbonyl (C=O) groups excluding carboxylic acids is 1. The van der Waals surface area contributed by atoms with Crippen LogP contribution in [-0.4, -0.2) is 29.9 Å². The fourth-order valence-electron chi connectivity index (χ4n) is 2.76. The predicted octanol–water partition coefficient (Wildman–Crippen LogP) is 1.95. The lowest BCUT2D eigenvalue weighted by atomic mass is 9.99. The van der Waals surface area contributed by atoms with E-state index in [1.165, 1.54) is 12.1 Å². The molecule has 0 bridgehead atoms. The van der Waals surface area contributed by atoms with Gasteiger partial charge in [0.2, 0.25) is 5.91 Å². The second kappa shape index (κ2) is 6.15. The van der Waals surface area contributed by atoms with Gasteiger partial charge in [0.05, 0.1) is 0 Å². The highest BCUT2D eigenvalue weighted by molar-refractivity contribution is 5.79. The van der Waals surface area contributed by atoms with Gasteiger partial charge in [-0.1, -0.05) is 19.1 Å². The number of nitrogens with zero attached hydrogens (tertiary/aromatic N) is 1. The molecular formula is C15H21FN2O. The summed E-state index contributed by atoms with van der Waals surface area (Å²) in [5, 5.41) is 0. The summed E-state index contributed by atoms with van der Waals surface area (Å²) < 4.78 is 13.1. The summed E-state index contributed by atoms with van der Waals surface area (Å²) in [5.74, 6) is -0.246. The van der Waals surface area contributed by atoms with Gasteiger partial charge in [0.1, 0.15) is 5.82 Å². The Labute approximate surface area is 113 Å². The summed E-state index contributed by atoms with van der Waals surface area (Å²) >= 11 is 0. The lowest BCUT2D eigenvalue weighted by molar-refractivity contribution is -0.135. The molecule has 2 atom stereocenters. The number of amides is 1. The number of hydrogen-bond acceptors (Lipinski definition) is 2. The molecule has 1 aromatic rings. The van der Waals surface area contributed by atoms with E-state index in [9.17, 15) is 9.18 Å². The molecule has 0 aliphatic carbocycles. The summed E-state index contributed by atoms with van der Waals surface area (Å²) in [5.41, 5.74) is 6.56. The minimum Gasteiger partial charge on any atom is -0.338 e. The first-order chi connectivity index (χ1) is 9.11. The average Bonchev–Trinajstić information content (AvgIpc) is 2.86. The van der Waals surface area contributed by atoms with E-state index < -0.39 is 0 Å². The minimum atomic E-state index is -0.252. The molecular weight excluding hydrogens is 243 g/mol. The van der Waals surface area contributed by atoms with Crippen LogP contribution in [0, 0.1) is 11.7 Å². The Kier molecular flexibility index (Phi) is 4.53. The molecule has 0 aromatic heterocycles. The second-order valence-electron chi connectivity index (χ2n) is 5.30. The van der Waals surface area contributed by atoms with Crippen molar-refractivity contribution in [3.8, 4) is 0 Å². The van der Waals surface area contributed by atoms with Crippen LogP contribution >= 0.6 is 0 Å². The fraction of sp³-hybridized carbons (Fsp3) is 0.533. The molecule has 1 saturated heterocycles. The topological polar surface area (TPSA) is 46.3 Å². The number of likely N-dealkylation sites (tertiary alicyclic amines) is 1. The van der Waals surface area contributed by atoms with E-state index in [0.29, 0.717) is 13.0 Å². The normalized spacial score (nSPS) is 20.6. The SMILES string of the molecule is CC(Cc1cccc(F)c1)C(=O)N1CCCC1CN. The Morgan fingerprint density at radius 3 is 3.05 bits per heavy atom. The van der Waals surface area contributed by atoms with Crippen LogP contribution in [0.15, 0.2) is 24.3 Å². The van der Waals surface area contributed by atoms with Gasteiger partial charge in [-0.2, -0.15) is 0 Å². The Bertz CT molecular complexity index is 450. The van der Waals surface area contributed by atoms with E-state index in [0.717, 1.165) is 24.9 Å². The molecule has 19 heavy (non-hydrogen) atoms. The van der Waals surface area contributed by atoms with Gasteiger partial charge in [0, 0.05) is 25.0 Å². The standard InChI is InChI=1S/C15H21FN2O/c1-11(8-12-4-2-5-13(16)9-12)15(19)18-7-3-6-14(18)10-17/h2,4-5,9,11,14H,3,6-8,10,17H2,1H3. The summed E-state index contributed by atoms with van der Waals surface area (Å²) in [7, 11) is 0. The molecule has 104 valence electrons. The van der Waals surface area contributed by atoms with Crippen molar-refractivity contribution in [3.63, 3.8) is 0 Å². The molecule has 1 heterocycles. The Hall–Kier alpha value is -1.42. The number of hydrogen-bond donors (Lipinski definition) is 1. The zero-order valence-electron chi connectivity index (χ0n) is 11.3. The van der Waals surface area contributed by atoms with Gasteiger partial charge >= 0.3 is 0 Å². The second-order valence-corrected chi connectivity index (χ2v) is 5.30. The highest BCUT2D eigenvalue weighted by Gasteiger charge is 2.30. The van der Waals surface area contributed by atoms with Crippen LogP contribution < -0.4 is 5.73 Å². The maximum Gasteiger partial charge on any atom is 0.226 e. The monoisotopic (exact) mass is 264 g/mol. The molecule has 1 fully saturated rings. The first-order valence-corrected chi connectivity index (χ1v) is 6.87. The molecule has 2 rings (SSSR count). The lowest BCUT2D eigenvalue weighted by Gasteiger charge is -2.26. The smallest absolute Gasteiger partial charge is 0.226 e. The molecule has 4 heteroatoms. The van der Waals surface area contributed by atoms with E-state index in [1.807, 2.05) is 17.9 Å². The van der Waals surface area contributed by atoms with Crippen LogP contribution in [0.4, 0.5) is 4.39 Å². The van der Waals surface area contributed by atoms with Gasteiger partial charge in [0.25, 0.3) is 0 Å². The van der Waals surface area contributed by atoms with Crippen LogP contribution in [0.3, 0.4) is 0 Å². The molecule has 1 aliphatic rings. The van der Waals surface area contributed by atoms with Crippen molar-refractivity contribution in [1.29, 1.82) is 0 Å². The Morgan fingerprint density at radius 1 is 1.58 bits per heavy atom. The van der Waals surface area contributed by atoms with Gasteiger partial charge in [-0.3, -0.25) is 4.79 Å². The third-order valence-electron chi connectivity index (χ3n) is 3.78. The Morgan fingerprint density at radius 2 is 2.37 bits per heavy atom. The zero-order valence-corrected chi connectivity index (χ0v) is 11.3. The van der Waals surface area contributed by atoms with E-state index in [2.05, 4.69) is 0 Å². The molecule has 3 nitrogen and oxygen atoms in total. The first kappa shape index (κ1) is 14.0. The van der Waals surface area contributed by atoms with Gasteiger partial charge in [-0.05, 0) is 37.0 Å². The number of halogens is 1. The van der Waals surface area contributed by atoms with Crippen molar-refractivity contribution in [2.24, 2.45) is 11.7 Å². The van der Waals surface area contributed by atoms with Gasteiger partial charge in [-0.15, -0.1) is 0 Å². The molecule has 1 aromatic carbocycles. The maximum absolute atomic E-state index is 13.1. The largest absolute Gasteiger partial charge is 0.338 e. The van der Waals surface area contributed by atoms with Crippen LogP contribution in [0.5, 0.6) is 0 Å². The van der Waals surface area contributed by atoms with E-state index in [1.54, 1.807) is 6.07 Å². The highest BCUT2D eigenvalue weighted by atomic mass is 19.1. The fourth-order valence-corrected chi connectivity index (χ4v) is 2.76. The van der Waals surface area contributed by atoms with Crippen molar-refractivity contribution in [2.45, 2.75) is 32.2 Å². The van der Waals surface area contributed by atoms with Gasteiger partial charge < -0.3 is 10.6 Å². The summed E-state index contributed by atoms with van der Waals surface area (Å²) in [6.07, 6.45) is 2.60. The van der Waals surface area contributed by atoms with Crippen LogP contribution in [0.1, 0.15) is 25.3 Å². The van der Waals surface area contributed by atoms with Crippen molar-refractivity contribution in [1.82, 2.24) is 4.90 Å². The summed E-state index contributed by atoms with van der Waals surface area (Å²) in [6.45, 7) is 3.23. The Balaban J connectivity index is 1.99. The molecule has 1 aliphatic heterocycles. The quantitative estimate of drug-likeness (QED) is 0.903. The first-order valence-electron chi connectivity index (χ1n) is 6.87. The molecule has 0 spiro atoms. The van der Waals surface area contributed by atoms with Gasteiger partial charge in [0.15, 0.2) is 0 Å². The van der Waals surface area contributed by atoms with Gasteiger partial charge in [-0.25, -0.2) is 4.39 Å². The zero-order chi connectivity index (χ0) is 13.8. The molecule has 2 unspecified atom stereocenters. The summed E-state index contributed by atoms with van der Waals surface area (Å²) in [4.78, 5) is 14.3. The van der Waals surface area contributed by atoms with E-state index in [4.69, 9.17) is 5.73 Å². The third-order valence-corrected chi connectivity index (χ3v) is 3.78. The number of carbonyl (C=O) groups is 1. The van der Waals surface area contributed by atoms with Crippen molar-refractivity contribution < 1.29 is 9.18 Å². The predicted molar refractivity (Wildman–Crippen MR) is 73.1 cm³/mol. The average molecular weight is 264 g/mol. The summed E-state index contributed by atoms with van der Waals surface area (Å²) in [6, 6.07) is 6.63. The number of benzene rings is 1. The van der Waals surface area contributed by atoms with Crippen LogP contribution in [-0.2, 0) is 11.2 Å². The minimum absolute atomic E-state index is 0.131. The third kappa shape index (κ3) is 3.32. The molecule has 0 radical (unpaired) electrons. The van der Waals surface area contributed by atoms with Crippen LogP contribution in [0.2, 0.25) is 0 Å². The molecule has 1 amide bonds.